The molecule has 0 aliphatic rings. The molecule has 0 fully saturated rings. The molecule has 0 aliphatic carbocycles. The molecule has 0 amide bonds. The van der Waals surface area contributed by atoms with Crippen LogP contribution in [0.2, 0.25) is 18.1 Å². The fourth-order valence-electron chi connectivity index (χ4n) is 3.97. The van der Waals surface area contributed by atoms with Crippen LogP contribution in [-0.2, 0) is 18.0 Å². The van der Waals surface area contributed by atoms with E-state index < -0.39 is 8.32 Å². The predicted octanol–water partition coefficient (Wildman–Crippen LogP) is 6.40. The predicted molar refractivity (Wildman–Crippen MR) is 148 cm³/mol. The molecule has 0 saturated carbocycles. The molecule has 0 atom stereocenters. The van der Waals surface area contributed by atoms with Crippen LogP contribution in [0.25, 0.3) is 22.2 Å². The maximum absolute atomic E-state index is 13.3. The van der Waals surface area contributed by atoms with Crippen molar-refractivity contribution in [2.24, 2.45) is 7.05 Å². The number of pyridine rings is 1. The lowest BCUT2D eigenvalue weighted by Gasteiger charge is -2.36. The molecule has 4 aromatic rings. The zero-order valence-electron chi connectivity index (χ0n) is 22.3. The van der Waals surface area contributed by atoms with E-state index in [2.05, 4.69) is 55.3 Å². The number of benzene rings is 1. The van der Waals surface area contributed by atoms with Crippen LogP contribution in [0, 0.1) is 17.7 Å². The minimum atomic E-state index is -1.83. The van der Waals surface area contributed by atoms with Gasteiger partial charge in [-0.3, -0.25) is 4.57 Å². The van der Waals surface area contributed by atoms with Crippen molar-refractivity contribution in [3.05, 3.63) is 65.7 Å². The van der Waals surface area contributed by atoms with Crippen LogP contribution >= 0.6 is 0 Å². The van der Waals surface area contributed by atoms with Crippen LogP contribution in [0.4, 0.5) is 4.39 Å². The summed E-state index contributed by atoms with van der Waals surface area (Å²) in [5.41, 5.74) is 2.84. The lowest BCUT2D eigenvalue weighted by atomic mass is 10.0. The number of hydrogen-bond acceptors (Lipinski definition) is 4. The topological polar surface area (TPSA) is 72.4 Å². The van der Waals surface area contributed by atoms with Crippen LogP contribution < -0.4 is 0 Å². The van der Waals surface area contributed by atoms with Gasteiger partial charge in [-0.1, -0.05) is 32.6 Å². The second-order valence-corrected chi connectivity index (χ2v) is 15.6. The highest BCUT2D eigenvalue weighted by molar-refractivity contribution is 6.74. The minimum Gasteiger partial charge on any atom is -0.494 e. The smallest absolute Gasteiger partial charge is 0.210 e. The molecule has 0 spiro atoms. The second-order valence-electron chi connectivity index (χ2n) is 10.8. The van der Waals surface area contributed by atoms with Crippen LogP contribution in [-0.4, -0.2) is 39.3 Å². The maximum atomic E-state index is 13.3. The first kappa shape index (κ1) is 26.5. The Morgan fingerprint density at radius 3 is 2.43 bits per heavy atom. The summed E-state index contributed by atoms with van der Waals surface area (Å²) in [6, 6.07) is 9.61. The normalized spacial score (nSPS) is 12.1. The molecule has 37 heavy (non-hydrogen) atoms. The molecule has 0 unspecified atom stereocenters. The van der Waals surface area contributed by atoms with Gasteiger partial charge in [0.05, 0.1) is 11.1 Å². The van der Waals surface area contributed by atoms with E-state index in [0.29, 0.717) is 29.8 Å². The van der Waals surface area contributed by atoms with E-state index in [0.717, 1.165) is 23.0 Å². The molecule has 0 radical (unpaired) electrons. The highest BCUT2D eigenvalue weighted by Crippen LogP contribution is 2.43. The molecule has 8 heteroatoms. The van der Waals surface area contributed by atoms with Gasteiger partial charge in [0.15, 0.2) is 8.32 Å². The molecule has 3 aromatic heterocycles. The molecule has 0 bridgehead atoms. The Labute approximate surface area is 218 Å². The Balaban J connectivity index is 1.69. The Morgan fingerprint density at radius 1 is 1.05 bits per heavy atom. The lowest BCUT2D eigenvalue weighted by molar-refractivity contribution is 0.275. The van der Waals surface area contributed by atoms with Gasteiger partial charge in [0.1, 0.15) is 11.5 Å². The first-order chi connectivity index (χ1) is 17.4. The van der Waals surface area contributed by atoms with Gasteiger partial charge in [-0.25, -0.2) is 9.37 Å². The van der Waals surface area contributed by atoms with Gasteiger partial charge in [0, 0.05) is 49.1 Å². The highest BCUT2D eigenvalue weighted by Gasteiger charge is 2.36. The van der Waals surface area contributed by atoms with Crippen molar-refractivity contribution in [1.29, 1.82) is 0 Å². The number of nitrogens with zero attached hydrogens (tertiary/aromatic N) is 3. The zero-order chi connectivity index (χ0) is 27.0. The number of aromatic nitrogens is 3. The third kappa shape index (κ3) is 5.29. The van der Waals surface area contributed by atoms with Gasteiger partial charge in [-0.15, -0.1) is 0 Å². The van der Waals surface area contributed by atoms with E-state index in [9.17, 15) is 14.6 Å². The van der Waals surface area contributed by atoms with Gasteiger partial charge in [-0.05, 0) is 61.0 Å². The van der Waals surface area contributed by atoms with Crippen molar-refractivity contribution in [2.75, 3.05) is 6.61 Å². The summed E-state index contributed by atoms with van der Waals surface area (Å²) in [6.45, 7) is 12.5. The summed E-state index contributed by atoms with van der Waals surface area (Å²) >= 11 is 0. The summed E-state index contributed by atoms with van der Waals surface area (Å²) in [4.78, 5) is 4.59. The SMILES string of the molecule is Cn1c(O)c(C#Cc2ccc(F)cc2)c(-c2cn(CCCO[Si](C)(C)C(C)(C)C)c3ncccc23)c1O. The van der Waals surface area contributed by atoms with Gasteiger partial charge in [-0.2, -0.15) is 0 Å². The van der Waals surface area contributed by atoms with E-state index in [4.69, 9.17) is 4.43 Å². The average molecular weight is 520 g/mol. The Hall–Kier alpha value is -3.54. The Bertz CT molecular complexity index is 1490. The largest absolute Gasteiger partial charge is 0.494 e. The van der Waals surface area contributed by atoms with Crippen LogP contribution in [0.1, 0.15) is 38.3 Å². The minimum absolute atomic E-state index is 0.0925. The van der Waals surface area contributed by atoms with E-state index >= 15 is 0 Å². The summed E-state index contributed by atoms with van der Waals surface area (Å²) in [5, 5.41) is 22.8. The number of fused-ring (bicyclic) bond motifs is 1. The number of hydrogen-bond donors (Lipinski definition) is 2. The Morgan fingerprint density at radius 2 is 1.76 bits per heavy atom. The van der Waals surface area contributed by atoms with E-state index in [1.54, 1.807) is 25.4 Å². The van der Waals surface area contributed by atoms with Gasteiger partial charge < -0.3 is 19.2 Å². The summed E-state index contributed by atoms with van der Waals surface area (Å²) < 4.78 is 23.0. The average Bonchev–Trinajstić information content (AvgIpc) is 3.31. The molecular weight excluding hydrogens is 485 g/mol. The van der Waals surface area contributed by atoms with E-state index in [1.165, 1.54) is 16.7 Å². The molecule has 4 rings (SSSR count). The molecule has 0 saturated heterocycles. The lowest BCUT2D eigenvalue weighted by Crippen LogP contribution is -2.41. The molecule has 2 N–H and O–H groups in total. The van der Waals surface area contributed by atoms with Gasteiger partial charge in [0.25, 0.3) is 0 Å². The van der Waals surface area contributed by atoms with Crippen LogP contribution in [0.5, 0.6) is 11.8 Å². The standard InChI is InChI=1S/C29H34FN3O3Si/c1-29(2,3)37(5,6)36-18-8-17-33-19-24(22-9-7-16-31-26(22)33)25-23(27(34)32(4)28(25)35)15-12-20-10-13-21(30)14-11-20/h7,9-11,13-14,16,19,34-35H,8,17-18H2,1-6H3. The first-order valence-electron chi connectivity index (χ1n) is 12.4. The zero-order valence-corrected chi connectivity index (χ0v) is 23.3. The second kappa shape index (κ2) is 10.1. The fraction of sp³-hybridized carbons (Fsp3) is 0.345. The number of aryl methyl sites for hydroxylation is 1. The van der Waals surface area contributed by atoms with Crippen molar-refractivity contribution in [3.63, 3.8) is 0 Å². The molecule has 1 aromatic carbocycles. The number of aromatic hydroxyl groups is 2. The monoisotopic (exact) mass is 519 g/mol. The quantitative estimate of drug-likeness (QED) is 0.176. The third-order valence-corrected chi connectivity index (χ3v) is 11.8. The van der Waals surface area contributed by atoms with Crippen molar-refractivity contribution < 1.29 is 19.0 Å². The fourth-order valence-corrected chi connectivity index (χ4v) is 5.06. The summed E-state index contributed by atoms with van der Waals surface area (Å²) in [7, 11) is -0.251. The van der Waals surface area contributed by atoms with E-state index in [-0.39, 0.29) is 22.6 Å². The molecule has 6 nitrogen and oxygen atoms in total. The number of rotatable bonds is 6. The number of halogens is 1. The van der Waals surface area contributed by atoms with Crippen molar-refractivity contribution >= 4 is 19.4 Å². The van der Waals surface area contributed by atoms with E-state index in [1.807, 2.05) is 18.3 Å². The third-order valence-electron chi connectivity index (χ3n) is 7.22. The molecule has 0 aliphatic heterocycles. The van der Waals surface area contributed by atoms with Crippen molar-refractivity contribution in [3.8, 4) is 34.7 Å². The maximum Gasteiger partial charge on any atom is 0.210 e. The van der Waals surface area contributed by atoms with Gasteiger partial charge in [0.2, 0.25) is 11.8 Å². The van der Waals surface area contributed by atoms with Crippen LogP contribution in [0.3, 0.4) is 0 Å². The van der Waals surface area contributed by atoms with Gasteiger partial charge >= 0.3 is 0 Å². The van der Waals surface area contributed by atoms with Crippen molar-refractivity contribution in [2.45, 2.75) is 51.9 Å². The summed E-state index contributed by atoms with van der Waals surface area (Å²) in [6.07, 6.45) is 4.50. The first-order valence-corrected chi connectivity index (χ1v) is 15.3. The molecular formula is C29H34FN3O3Si. The summed E-state index contributed by atoms with van der Waals surface area (Å²) in [5.74, 6) is 5.37. The highest BCUT2D eigenvalue weighted by atomic mass is 28.4. The Kier molecular flexibility index (Phi) is 7.22. The van der Waals surface area contributed by atoms with Crippen LogP contribution in [0.15, 0.2) is 48.8 Å². The molecule has 3 heterocycles. The molecule has 194 valence electrons. The van der Waals surface area contributed by atoms with Crippen molar-refractivity contribution in [1.82, 2.24) is 14.1 Å².